The van der Waals surface area contributed by atoms with Crippen LogP contribution in [0.15, 0.2) is 59.7 Å². The van der Waals surface area contributed by atoms with E-state index in [0.29, 0.717) is 22.9 Å². The highest BCUT2D eigenvalue weighted by molar-refractivity contribution is 5.96. The molecule has 0 fully saturated rings. The molecule has 8 nitrogen and oxygen atoms in total. The molecule has 2 N–H and O–H groups in total. The molecule has 0 saturated carbocycles. The Balaban J connectivity index is 1.45. The third-order valence-electron chi connectivity index (χ3n) is 5.31. The van der Waals surface area contributed by atoms with Crippen LogP contribution >= 0.6 is 0 Å². The number of aromatic amines is 1. The number of carbonyl (C=O) groups excluding carboxylic acids is 1. The molecule has 35 heavy (non-hydrogen) atoms. The summed E-state index contributed by atoms with van der Waals surface area (Å²) < 4.78 is 45.0. The Kier molecular flexibility index (Phi) is 6.10. The van der Waals surface area contributed by atoms with Crippen molar-refractivity contribution in [1.29, 1.82) is 0 Å². The number of aromatic nitrogens is 4. The van der Waals surface area contributed by atoms with Gasteiger partial charge in [0.15, 0.2) is 5.65 Å². The van der Waals surface area contributed by atoms with Crippen LogP contribution < -0.4 is 15.7 Å². The van der Waals surface area contributed by atoms with E-state index in [1.807, 2.05) is 12.1 Å². The largest absolute Gasteiger partial charge is 0.475 e. The highest BCUT2D eigenvalue weighted by Gasteiger charge is 2.31. The predicted molar refractivity (Wildman–Crippen MR) is 123 cm³/mol. The first kappa shape index (κ1) is 24.0. The molecule has 4 aromatic rings. The standard InChI is InChI=1S/C24H22F3N5O3/c1-23(2,13-35-19-8-7-17(12-28-19)24(25,26)27)31-21(33)15-6-4-5-14(9-15)16-10-18-20(29-11-16)30-22(34)32(18)3/h4-12H,13H2,1-3H3,(H,31,33)(H,29,30,34). The molecule has 0 aliphatic heterocycles. The zero-order valence-electron chi connectivity index (χ0n) is 19.1. The molecule has 11 heteroatoms. The van der Waals surface area contributed by atoms with Crippen LogP contribution in [-0.2, 0) is 13.2 Å². The summed E-state index contributed by atoms with van der Waals surface area (Å²) in [5, 5.41) is 2.86. The molecule has 0 aliphatic carbocycles. The summed E-state index contributed by atoms with van der Waals surface area (Å²) in [6.07, 6.45) is -2.17. The Morgan fingerprint density at radius 3 is 2.54 bits per heavy atom. The van der Waals surface area contributed by atoms with Crippen molar-refractivity contribution >= 4 is 17.1 Å². The number of fused-ring (bicyclic) bond motifs is 1. The number of hydrogen-bond donors (Lipinski definition) is 2. The normalized spacial score (nSPS) is 12.1. The molecule has 1 aromatic carbocycles. The smallest absolute Gasteiger partial charge is 0.417 e. The molecule has 3 aromatic heterocycles. The predicted octanol–water partition coefficient (Wildman–Crippen LogP) is 3.93. The highest BCUT2D eigenvalue weighted by atomic mass is 19.4. The van der Waals surface area contributed by atoms with E-state index in [1.165, 1.54) is 4.57 Å². The minimum absolute atomic E-state index is 0.0150. The summed E-state index contributed by atoms with van der Waals surface area (Å²) in [5.74, 6) is -0.340. The van der Waals surface area contributed by atoms with Crippen molar-refractivity contribution in [3.8, 4) is 17.0 Å². The maximum absolute atomic E-state index is 12.9. The van der Waals surface area contributed by atoms with E-state index in [-0.39, 0.29) is 24.1 Å². The zero-order chi connectivity index (χ0) is 25.4. The summed E-state index contributed by atoms with van der Waals surface area (Å²) >= 11 is 0. The number of amides is 1. The second-order valence-corrected chi connectivity index (χ2v) is 8.67. The van der Waals surface area contributed by atoms with Crippen LogP contribution in [0.4, 0.5) is 13.2 Å². The molecule has 0 radical (unpaired) electrons. The first-order valence-corrected chi connectivity index (χ1v) is 10.6. The fourth-order valence-electron chi connectivity index (χ4n) is 3.40. The summed E-state index contributed by atoms with van der Waals surface area (Å²) in [6.45, 7) is 3.44. The molecule has 0 saturated heterocycles. The van der Waals surface area contributed by atoms with E-state index < -0.39 is 17.3 Å². The molecule has 0 spiro atoms. The number of ether oxygens (including phenoxy) is 1. The Bertz CT molecular complexity index is 1440. The highest BCUT2D eigenvalue weighted by Crippen LogP contribution is 2.29. The number of benzene rings is 1. The van der Waals surface area contributed by atoms with Crippen LogP contribution in [-0.4, -0.2) is 37.6 Å². The number of aryl methyl sites for hydroxylation is 1. The summed E-state index contributed by atoms with van der Waals surface area (Å²) in [7, 11) is 1.64. The van der Waals surface area contributed by atoms with Crippen LogP contribution in [0.1, 0.15) is 29.8 Å². The molecule has 0 bridgehead atoms. The maximum Gasteiger partial charge on any atom is 0.417 e. The van der Waals surface area contributed by atoms with Gasteiger partial charge in [0.1, 0.15) is 6.61 Å². The second-order valence-electron chi connectivity index (χ2n) is 8.67. The third kappa shape index (κ3) is 5.34. The van der Waals surface area contributed by atoms with Crippen LogP contribution in [0.5, 0.6) is 5.88 Å². The SMILES string of the molecule is Cn1c(=O)[nH]c2ncc(-c3cccc(C(=O)NC(C)(C)COc4ccc(C(F)(F)F)cn4)c3)cc21. The fraction of sp³-hybridized carbons (Fsp3) is 0.250. The first-order chi connectivity index (χ1) is 16.4. The minimum Gasteiger partial charge on any atom is -0.475 e. The Morgan fingerprint density at radius 1 is 1.09 bits per heavy atom. The van der Waals surface area contributed by atoms with E-state index in [1.54, 1.807) is 45.3 Å². The molecule has 0 atom stereocenters. The van der Waals surface area contributed by atoms with Gasteiger partial charge in [0.05, 0.1) is 16.6 Å². The quantitative estimate of drug-likeness (QED) is 0.431. The van der Waals surface area contributed by atoms with E-state index in [0.717, 1.165) is 23.3 Å². The van der Waals surface area contributed by atoms with Gasteiger partial charge in [-0.25, -0.2) is 14.8 Å². The number of alkyl halides is 3. The van der Waals surface area contributed by atoms with E-state index >= 15 is 0 Å². The van der Waals surface area contributed by atoms with Crippen LogP contribution in [0, 0.1) is 0 Å². The van der Waals surface area contributed by atoms with E-state index in [2.05, 4.69) is 20.3 Å². The van der Waals surface area contributed by atoms with Gasteiger partial charge in [0, 0.05) is 36.6 Å². The van der Waals surface area contributed by atoms with Crippen LogP contribution in [0.25, 0.3) is 22.3 Å². The lowest BCUT2D eigenvalue weighted by Crippen LogP contribution is -2.47. The lowest BCUT2D eigenvalue weighted by atomic mass is 10.0. The molecule has 182 valence electrons. The number of nitrogens with zero attached hydrogens (tertiary/aromatic N) is 3. The number of nitrogens with one attached hydrogen (secondary N) is 2. The number of carbonyl (C=O) groups is 1. The Labute approximate surface area is 197 Å². The summed E-state index contributed by atoms with van der Waals surface area (Å²) in [6, 6.07) is 10.8. The van der Waals surface area contributed by atoms with Crippen molar-refractivity contribution < 1.29 is 22.7 Å². The number of rotatable bonds is 6. The zero-order valence-corrected chi connectivity index (χ0v) is 19.1. The van der Waals surface area contributed by atoms with Gasteiger partial charge >= 0.3 is 11.9 Å². The molecule has 4 rings (SSSR count). The number of imidazole rings is 1. The molecular formula is C24H22F3N5O3. The molecule has 0 aliphatic rings. The monoisotopic (exact) mass is 485 g/mol. The van der Waals surface area contributed by atoms with Crippen molar-refractivity contribution in [1.82, 2.24) is 24.8 Å². The van der Waals surface area contributed by atoms with Crippen molar-refractivity contribution in [2.75, 3.05) is 6.61 Å². The van der Waals surface area contributed by atoms with Gasteiger partial charge < -0.3 is 10.1 Å². The number of pyridine rings is 2. The third-order valence-corrected chi connectivity index (χ3v) is 5.31. The van der Waals surface area contributed by atoms with Gasteiger partial charge in [-0.3, -0.25) is 14.3 Å². The molecular weight excluding hydrogens is 463 g/mol. The lowest BCUT2D eigenvalue weighted by molar-refractivity contribution is -0.137. The van der Waals surface area contributed by atoms with Crippen molar-refractivity contribution in [2.45, 2.75) is 25.6 Å². The minimum atomic E-state index is -4.48. The summed E-state index contributed by atoms with van der Waals surface area (Å²) in [4.78, 5) is 35.3. The number of hydrogen-bond acceptors (Lipinski definition) is 5. The molecule has 1 amide bonds. The number of H-pyrrole nitrogens is 1. The van der Waals surface area contributed by atoms with Crippen molar-refractivity contribution in [3.05, 3.63) is 76.5 Å². The van der Waals surface area contributed by atoms with Crippen molar-refractivity contribution in [2.24, 2.45) is 7.05 Å². The average Bonchev–Trinajstić information content (AvgIpc) is 3.10. The second kappa shape index (κ2) is 8.90. The fourth-order valence-corrected chi connectivity index (χ4v) is 3.40. The molecule has 3 heterocycles. The van der Waals surface area contributed by atoms with Crippen LogP contribution in [0.2, 0.25) is 0 Å². The van der Waals surface area contributed by atoms with Gasteiger partial charge in [0.25, 0.3) is 5.91 Å². The Hall–Kier alpha value is -4.15. The van der Waals surface area contributed by atoms with E-state index in [4.69, 9.17) is 4.74 Å². The Morgan fingerprint density at radius 2 is 1.86 bits per heavy atom. The topological polar surface area (TPSA) is 102 Å². The van der Waals surface area contributed by atoms with Gasteiger partial charge in [-0.15, -0.1) is 0 Å². The van der Waals surface area contributed by atoms with E-state index in [9.17, 15) is 22.8 Å². The van der Waals surface area contributed by atoms with Gasteiger partial charge in [-0.1, -0.05) is 12.1 Å². The lowest BCUT2D eigenvalue weighted by Gasteiger charge is -2.26. The average molecular weight is 485 g/mol. The number of halogens is 3. The van der Waals surface area contributed by atoms with Gasteiger partial charge in [-0.2, -0.15) is 13.2 Å². The van der Waals surface area contributed by atoms with Gasteiger partial charge in [-0.05, 0) is 43.7 Å². The van der Waals surface area contributed by atoms with Crippen molar-refractivity contribution in [3.63, 3.8) is 0 Å². The first-order valence-electron chi connectivity index (χ1n) is 10.6. The maximum atomic E-state index is 12.9. The molecule has 0 unspecified atom stereocenters. The van der Waals surface area contributed by atoms with Gasteiger partial charge in [0.2, 0.25) is 5.88 Å². The van der Waals surface area contributed by atoms with Crippen LogP contribution in [0.3, 0.4) is 0 Å². The summed E-state index contributed by atoms with van der Waals surface area (Å²) in [5.41, 5.74) is 0.991.